The van der Waals surface area contributed by atoms with E-state index in [2.05, 4.69) is 21.6 Å². The molecule has 0 aromatic rings. The van der Waals surface area contributed by atoms with Gasteiger partial charge < -0.3 is 14.7 Å². The molecule has 0 bridgehead atoms. The van der Waals surface area contributed by atoms with Gasteiger partial charge in [-0.25, -0.2) is 0 Å². The van der Waals surface area contributed by atoms with E-state index in [1.165, 1.54) is 7.11 Å². The number of hydrogen-bond donors (Lipinski definition) is 1. The molecule has 0 aromatic heterocycles. The third kappa shape index (κ3) is 2.97. The molecule has 0 unspecified atom stereocenters. The number of ether oxygens (including phenoxy) is 1. The molecular formula is C18H28N4O5. The lowest BCUT2D eigenvalue weighted by Gasteiger charge is -2.60. The standard InChI is InChI=1S/C18H28N4O5/c1-19-5-3-12(4-6-19)20-10-18(11-20)17(26)21(9-15(24)27-2)16(25)14-7-13(23)8-22(14)18/h12-14,23H,3-11H2,1-2H3/t13-,14+/m1/s1. The molecule has 0 saturated carbocycles. The number of piperazine rings is 1. The summed E-state index contributed by atoms with van der Waals surface area (Å²) in [5.74, 6) is -1.33. The summed E-state index contributed by atoms with van der Waals surface area (Å²) in [6.07, 6.45) is 1.81. The number of aliphatic hydroxyl groups excluding tert-OH is 1. The molecular weight excluding hydrogens is 352 g/mol. The quantitative estimate of drug-likeness (QED) is 0.449. The highest BCUT2D eigenvalue weighted by atomic mass is 16.5. The van der Waals surface area contributed by atoms with Crippen LogP contribution in [0.1, 0.15) is 19.3 Å². The van der Waals surface area contributed by atoms with Gasteiger partial charge in [0.05, 0.1) is 19.3 Å². The first-order valence-electron chi connectivity index (χ1n) is 9.66. The zero-order valence-electron chi connectivity index (χ0n) is 16.0. The maximum atomic E-state index is 13.3. The van der Waals surface area contributed by atoms with E-state index in [0.29, 0.717) is 32.1 Å². The van der Waals surface area contributed by atoms with Crippen molar-refractivity contribution in [2.45, 2.75) is 43.0 Å². The molecule has 0 aromatic carbocycles. The third-order valence-electron chi connectivity index (χ3n) is 6.67. The van der Waals surface area contributed by atoms with Crippen LogP contribution in [0.4, 0.5) is 0 Å². The van der Waals surface area contributed by atoms with Crippen LogP contribution in [0.5, 0.6) is 0 Å². The van der Waals surface area contributed by atoms with E-state index in [1.54, 1.807) is 0 Å². The van der Waals surface area contributed by atoms with Crippen LogP contribution in [0.3, 0.4) is 0 Å². The first-order valence-corrected chi connectivity index (χ1v) is 9.66. The summed E-state index contributed by atoms with van der Waals surface area (Å²) >= 11 is 0. The van der Waals surface area contributed by atoms with Gasteiger partial charge in [0.15, 0.2) is 0 Å². The van der Waals surface area contributed by atoms with Crippen molar-refractivity contribution in [1.29, 1.82) is 0 Å². The highest BCUT2D eigenvalue weighted by Gasteiger charge is 2.65. The van der Waals surface area contributed by atoms with Crippen molar-refractivity contribution in [1.82, 2.24) is 19.6 Å². The summed E-state index contributed by atoms with van der Waals surface area (Å²) in [7, 11) is 3.36. The van der Waals surface area contributed by atoms with Gasteiger partial charge in [-0.1, -0.05) is 0 Å². The zero-order valence-corrected chi connectivity index (χ0v) is 16.0. The molecule has 4 aliphatic rings. The number of imide groups is 1. The molecule has 4 rings (SSSR count). The summed E-state index contributed by atoms with van der Waals surface area (Å²) in [4.78, 5) is 45.4. The Hall–Kier alpha value is -1.55. The molecule has 9 nitrogen and oxygen atoms in total. The lowest BCUT2D eigenvalue weighted by atomic mass is 9.80. The molecule has 4 aliphatic heterocycles. The number of β-amino-alcohol motifs (C(OH)–C–C–N with tert-alkyl or cyclic N) is 1. The molecule has 1 N–H and O–H groups in total. The predicted molar refractivity (Wildman–Crippen MR) is 94.7 cm³/mol. The molecule has 150 valence electrons. The fourth-order valence-electron chi connectivity index (χ4n) is 5.08. The summed E-state index contributed by atoms with van der Waals surface area (Å²) in [6.45, 7) is 3.16. The summed E-state index contributed by atoms with van der Waals surface area (Å²) < 4.78 is 4.67. The Bertz CT molecular complexity index is 642. The first-order chi connectivity index (χ1) is 12.9. The van der Waals surface area contributed by atoms with Crippen molar-refractivity contribution >= 4 is 17.8 Å². The van der Waals surface area contributed by atoms with Gasteiger partial charge in [0.25, 0.3) is 5.91 Å². The third-order valence-corrected chi connectivity index (χ3v) is 6.67. The second-order valence-corrected chi connectivity index (χ2v) is 8.33. The van der Waals surface area contributed by atoms with Crippen molar-refractivity contribution < 1.29 is 24.2 Å². The van der Waals surface area contributed by atoms with Crippen LogP contribution in [-0.2, 0) is 19.1 Å². The Kier molecular flexibility index (Phi) is 4.74. The number of carbonyl (C=O) groups excluding carboxylic acids is 3. The van der Waals surface area contributed by atoms with E-state index in [4.69, 9.17) is 0 Å². The minimum atomic E-state index is -0.812. The number of rotatable bonds is 3. The van der Waals surface area contributed by atoms with E-state index < -0.39 is 29.6 Å². The van der Waals surface area contributed by atoms with Gasteiger partial charge in [0, 0.05) is 25.7 Å². The van der Waals surface area contributed by atoms with E-state index in [0.717, 1.165) is 30.8 Å². The molecule has 0 aliphatic carbocycles. The first kappa shape index (κ1) is 18.8. The number of methoxy groups -OCH3 is 1. The Labute approximate surface area is 158 Å². The zero-order chi connectivity index (χ0) is 19.3. The highest BCUT2D eigenvalue weighted by molar-refractivity contribution is 6.07. The van der Waals surface area contributed by atoms with Gasteiger partial charge in [0.2, 0.25) is 5.91 Å². The molecule has 1 spiro atoms. The lowest BCUT2D eigenvalue weighted by molar-refractivity contribution is -0.185. The second kappa shape index (κ2) is 6.80. The smallest absolute Gasteiger partial charge is 0.325 e. The number of likely N-dealkylation sites (tertiary alicyclic amines) is 2. The average Bonchev–Trinajstić information content (AvgIpc) is 3.01. The monoisotopic (exact) mass is 380 g/mol. The minimum Gasteiger partial charge on any atom is -0.468 e. The highest BCUT2D eigenvalue weighted by Crippen LogP contribution is 2.41. The average molecular weight is 380 g/mol. The molecule has 27 heavy (non-hydrogen) atoms. The number of aliphatic hydroxyl groups is 1. The van der Waals surface area contributed by atoms with Crippen LogP contribution in [0.15, 0.2) is 0 Å². The van der Waals surface area contributed by atoms with Crippen LogP contribution in [0.2, 0.25) is 0 Å². The number of piperidine rings is 1. The van der Waals surface area contributed by atoms with Crippen molar-refractivity contribution in [3.8, 4) is 0 Å². The fourth-order valence-corrected chi connectivity index (χ4v) is 5.08. The summed E-state index contributed by atoms with van der Waals surface area (Å²) in [5, 5.41) is 10.1. The lowest BCUT2D eigenvalue weighted by Crippen LogP contribution is -2.82. The Morgan fingerprint density at radius 2 is 1.93 bits per heavy atom. The topological polar surface area (TPSA) is 93.6 Å². The van der Waals surface area contributed by atoms with Crippen molar-refractivity contribution in [3.63, 3.8) is 0 Å². The fraction of sp³-hybridized carbons (Fsp3) is 0.833. The molecule has 4 heterocycles. The number of fused-ring (bicyclic) bond motifs is 2. The van der Waals surface area contributed by atoms with Gasteiger partial charge in [-0.2, -0.15) is 0 Å². The SMILES string of the molecule is COC(=O)CN1C(=O)[C@@H]2C[C@@H](O)CN2C2(CN(C3CCN(C)CC3)C2)C1=O. The maximum absolute atomic E-state index is 13.3. The van der Waals surface area contributed by atoms with E-state index in [9.17, 15) is 19.5 Å². The number of nitrogens with zero attached hydrogens (tertiary/aromatic N) is 4. The number of amides is 2. The number of esters is 1. The second-order valence-electron chi connectivity index (χ2n) is 8.33. The number of carbonyl (C=O) groups is 3. The molecule has 2 amide bonds. The van der Waals surface area contributed by atoms with Gasteiger partial charge in [-0.05, 0) is 39.4 Å². The van der Waals surface area contributed by atoms with Gasteiger partial charge in [-0.15, -0.1) is 0 Å². The molecule has 0 radical (unpaired) electrons. The van der Waals surface area contributed by atoms with E-state index in [-0.39, 0.29) is 12.5 Å². The van der Waals surface area contributed by atoms with E-state index in [1.807, 2.05) is 4.90 Å². The van der Waals surface area contributed by atoms with Crippen LogP contribution in [-0.4, -0.2) is 120 Å². The van der Waals surface area contributed by atoms with Gasteiger partial charge in [0.1, 0.15) is 12.1 Å². The molecule has 2 atom stereocenters. The predicted octanol–water partition coefficient (Wildman–Crippen LogP) is -1.89. The Balaban J connectivity index is 1.54. The van der Waals surface area contributed by atoms with Crippen molar-refractivity contribution in [3.05, 3.63) is 0 Å². The Morgan fingerprint density at radius 3 is 2.56 bits per heavy atom. The van der Waals surface area contributed by atoms with Crippen LogP contribution >= 0.6 is 0 Å². The number of hydrogen-bond acceptors (Lipinski definition) is 8. The normalized spacial score (nSPS) is 32.6. The van der Waals surface area contributed by atoms with E-state index >= 15 is 0 Å². The van der Waals surface area contributed by atoms with Crippen molar-refractivity contribution in [2.75, 3.05) is 53.4 Å². The largest absolute Gasteiger partial charge is 0.468 e. The van der Waals surface area contributed by atoms with Gasteiger partial charge >= 0.3 is 5.97 Å². The molecule has 4 fully saturated rings. The van der Waals surface area contributed by atoms with Crippen molar-refractivity contribution in [2.24, 2.45) is 0 Å². The minimum absolute atomic E-state index is 0.305. The molecule has 4 saturated heterocycles. The van der Waals surface area contributed by atoms with Gasteiger partial charge in [-0.3, -0.25) is 29.1 Å². The summed E-state index contributed by atoms with van der Waals surface area (Å²) in [6, 6.07) is -0.0979. The van der Waals surface area contributed by atoms with Crippen LogP contribution in [0, 0.1) is 0 Å². The van der Waals surface area contributed by atoms with Crippen LogP contribution < -0.4 is 0 Å². The Morgan fingerprint density at radius 1 is 1.26 bits per heavy atom. The summed E-state index contributed by atoms with van der Waals surface area (Å²) in [5.41, 5.74) is -0.812. The molecule has 9 heteroatoms. The van der Waals surface area contributed by atoms with Crippen LogP contribution in [0.25, 0.3) is 0 Å². The maximum Gasteiger partial charge on any atom is 0.325 e.